The number of primary amides is 1. The first-order valence-electron chi connectivity index (χ1n) is 9.72. The molecule has 154 valence electrons. The highest BCUT2D eigenvalue weighted by atomic mass is 19.1. The van der Waals surface area contributed by atoms with Gasteiger partial charge in [0.15, 0.2) is 12.6 Å². The van der Waals surface area contributed by atoms with E-state index >= 15 is 0 Å². The van der Waals surface area contributed by atoms with Crippen LogP contribution in [0, 0.1) is 5.82 Å². The summed E-state index contributed by atoms with van der Waals surface area (Å²) in [7, 11) is 1.73. The topological polar surface area (TPSA) is 88.7 Å². The molecular weight excluding hydrogens is 371 g/mol. The maximum atomic E-state index is 14.1. The molecule has 0 saturated heterocycles. The van der Waals surface area contributed by atoms with Crippen LogP contribution >= 0.6 is 0 Å². The highest BCUT2D eigenvalue weighted by Crippen LogP contribution is 2.48. The van der Waals surface area contributed by atoms with E-state index in [1.165, 1.54) is 6.07 Å². The molecule has 7 heteroatoms. The third-order valence-corrected chi connectivity index (χ3v) is 5.13. The summed E-state index contributed by atoms with van der Waals surface area (Å²) >= 11 is 0. The highest BCUT2D eigenvalue weighted by Gasteiger charge is 2.45. The maximum absolute atomic E-state index is 14.1. The van der Waals surface area contributed by atoms with E-state index in [9.17, 15) is 9.18 Å². The van der Waals surface area contributed by atoms with Gasteiger partial charge in [-0.2, -0.15) is 0 Å². The van der Waals surface area contributed by atoms with Crippen molar-refractivity contribution in [3.05, 3.63) is 65.5 Å². The van der Waals surface area contributed by atoms with Crippen LogP contribution in [-0.4, -0.2) is 38.6 Å². The zero-order chi connectivity index (χ0) is 20.7. The van der Waals surface area contributed by atoms with Gasteiger partial charge in [-0.15, -0.1) is 0 Å². The fourth-order valence-corrected chi connectivity index (χ4v) is 3.29. The monoisotopic (exact) mass is 398 g/mol. The Morgan fingerprint density at radius 2 is 1.90 bits per heavy atom. The van der Waals surface area contributed by atoms with Crippen LogP contribution in [-0.2, 0) is 16.6 Å². The van der Waals surface area contributed by atoms with Crippen LogP contribution in [0.4, 0.5) is 4.39 Å². The number of rotatable bonds is 9. The van der Waals surface area contributed by atoms with Crippen LogP contribution in [0.3, 0.4) is 0 Å². The number of hydrogen-bond donors (Lipinski definition) is 3. The molecule has 1 amide bonds. The molecule has 6 nitrogen and oxygen atoms in total. The summed E-state index contributed by atoms with van der Waals surface area (Å²) in [6.07, 6.45) is 2.75. The molecule has 2 aromatic rings. The molecule has 0 unspecified atom stereocenters. The Labute approximate surface area is 170 Å². The van der Waals surface area contributed by atoms with Crippen molar-refractivity contribution in [1.29, 1.82) is 0 Å². The Kier molecular flexibility index (Phi) is 6.69. The summed E-state index contributed by atoms with van der Waals surface area (Å²) in [4.78, 5) is 15.0. The molecule has 3 rings (SSSR count). The standard InChI is InChI=1S/C22H27FN4O2/c1-25-21(27-15-22(11-12-22)18-4-2-3-5-19(18)23)26-13-10-16-6-8-17(9-7-16)29-14-20(24)28/h2-9H,10-15H2,1H3,(H2,24,28)(H2,25,26,27). The van der Waals surface area contributed by atoms with E-state index in [1.54, 1.807) is 13.1 Å². The van der Waals surface area contributed by atoms with Crippen molar-refractivity contribution in [2.45, 2.75) is 24.7 Å². The Hall–Kier alpha value is -3.09. The first-order chi connectivity index (χ1) is 14.0. The lowest BCUT2D eigenvalue weighted by atomic mass is 9.95. The number of carbonyl (C=O) groups excluding carboxylic acids is 1. The lowest BCUT2D eigenvalue weighted by molar-refractivity contribution is -0.119. The molecule has 0 spiro atoms. The smallest absolute Gasteiger partial charge is 0.255 e. The number of benzene rings is 2. The summed E-state index contributed by atoms with van der Waals surface area (Å²) in [5, 5.41) is 6.62. The van der Waals surface area contributed by atoms with Crippen LogP contribution in [0.25, 0.3) is 0 Å². The number of carbonyl (C=O) groups is 1. The number of nitrogens with zero attached hydrogens (tertiary/aromatic N) is 1. The molecule has 0 heterocycles. The van der Waals surface area contributed by atoms with E-state index in [0.717, 1.165) is 30.4 Å². The summed E-state index contributed by atoms with van der Waals surface area (Å²) in [6, 6.07) is 14.5. The van der Waals surface area contributed by atoms with Crippen molar-refractivity contribution in [3.8, 4) is 5.75 Å². The molecule has 0 aromatic heterocycles. The average molecular weight is 398 g/mol. The minimum atomic E-state index is -0.500. The number of hydrogen-bond acceptors (Lipinski definition) is 3. The SMILES string of the molecule is CN=C(NCCc1ccc(OCC(N)=O)cc1)NCC1(c2ccccc2F)CC1. The van der Waals surface area contributed by atoms with Crippen molar-refractivity contribution < 1.29 is 13.9 Å². The molecular formula is C22H27FN4O2. The van der Waals surface area contributed by atoms with E-state index in [1.807, 2.05) is 36.4 Å². The Balaban J connectivity index is 1.44. The molecule has 1 saturated carbocycles. The molecule has 0 atom stereocenters. The van der Waals surface area contributed by atoms with Crippen molar-refractivity contribution in [2.24, 2.45) is 10.7 Å². The van der Waals surface area contributed by atoms with Crippen LogP contribution in [0.5, 0.6) is 5.75 Å². The minimum absolute atomic E-state index is 0.128. The van der Waals surface area contributed by atoms with Gasteiger partial charge in [0.05, 0.1) is 0 Å². The quantitative estimate of drug-likeness (QED) is 0.446. The van der Waals surface area contributed by atoms with Gasteiger partial charge in [-0.1, -0.05) is 30.3 Å². The van der Waals surface area contributed by atoms with Crippen molar-refractivity contribution >= 4 is 11.9 Å². The van der Waals surface area contributed by atoms with E-state index in [4.69, 9.17) is 10.5 Å². The predicted octanol–water partition coefficient (Wildman–Crippen LogP) is 2.13. The van der Waals surface area contributed by atoms with Crippen molar-refractivity contribution in [2.75, 3.05) is 26.7 Å². The summed E-state index contributed by atoms with van der Waals surface area (Å²) < 4.78 is 19.4. The molecule has 1 aliphatic rings. The average Bonchev–Trinajstić information content (AvgIpc) is 3.51. The normalized spacial score (nSPS) is 14.9. The van der Waals surface area contributed by atoms with Crippen LogP contribution < -0.4 is 21.1 Å². The highest BCUT2D eigenvalue weighted by molar-refractivity contribution is 5.79. The second-order valence-corrected chi connectivity index (χ2v) is 7.26. The molecule has 29 heavy (non-hydrogen) atoms. The number of nitrogens with one attached hydrogen (secondary N) is 2. The van der Waals surface area contributed by atoms with Gasteiger partial charge in [0.25, 0.3) is 5.91 Å². The molecule has 0 bridgehead atoms. The number of nitrogens with two attached hydrogens (primary N) is 1. The van der Waals surface area contributed by atoms with Crippen molar-refractivity contribution in [3.63, 3.8) is 0 Å². The molecule has 0 aliphatic heterocycles. The number of halogens is 1. The van der Waals surface area contributed by atoms with E-state index < -0.39 is 5.91 Å². The van der Waals surface area contributed by atoms with Gasteiger partial charge < -0.3 is 21.1 Å². The van der Waals surface area contributed by atoms with Gasteiger partial charge in [-0.25, -0.2) is 4.39 Å². The lowest BCUT2D eigenvalue weighted by Crippen LogP contribution is -2.42. The molecule has 1 aliphatic carbocycles. The molecule has 4 N–H and O–H groups in total. The fraction of sp³-hybridized carbons (Fsp3) is 0.364. The van der Waals surface area contributed by atoms with Gasteiger partial charge in [0.2, 0.25) is 0 Å². The number of amides is 1. The zero-order valence-corrected chi connectivity index (χ0v) is 16.6. The van der Waals surface area contributed by atoms with Crippen LogP contribution in [0.1, 0.15) is 24.0 Å². The molecule has 2 aromatic carbocycles. The largest absolute Gasteiger partial charge is 0.484 e. The van der Waals surface area contributed by atoms with E-state index in [2.05, 4.69) is 15.6 Å². The number of ether oxygens (including phenoxy) is 1. The molecule has 1 fully saturated rings. The third-order valence-electron chi connectivity index (χ3n) is 5.13. The lowest BCUT2D eigenvalue weighted by Gasteiger charge is -2.19. The number of aliphatic imine (C=N–C) groups is 1. The predicted molar refractivity (Wildman–Crippen MR) is 112 cm³/mol. The summed E-state index contributed by atoms with van der Waals surface area (Å²) in [5.41, 5.74) is 6.84. The Bertz CT molecular complexity index is 863. The third kappa shape index (κ3) is 5.70. The second kappa shape index (κ2) is 9.41. The van der Waals surface area contributed by atoms with Gasteiger partial charge in [-0.3, -0.25) is 9.79 Å². The molecule has 0 radical (unpaired) electrons. The van der Waals surface area contributed by atoms with Crippen LogP contribution in [0.2, 0.25) is 0 Å². The summed E-state index contributed by atoms with van der Waals surface area (Å²) in [5.74, 6) is 0.674. The Morgan fingerprint density at radius 1 is 1.17 bits per heavy atom. The van der Waals surface area contributed by atoms with Gasteiger partial charge in [0.1, 0.15) is 11.6 Å². The fourth-order valence-electron chi connectivity index (χ4n) is 3.29. The van der Waals surface area contributed by atoms with Gasteiger partial charge in [-0.05, 0) is 48.6 Å². The minimum Gasteiger partial charge on any atom is -0.484 e. The Morgan fingerprint density at radius 3 is 2.52 bits per heavy atom. The zero-order valence-electron chi connectivity index (χ0n) is 16.6. The number of guanidine groups is 1. The maximum Gasteiger partial charge on any atom is 0.255 e. The van der Waals surface area contributed by atoms with Crippen molar-refractivity contribution in [1.82, 2.24) is 10.6 Å². The summed E-state index contributed by atoms with van der Waals surface area (Å²) in [6.45, 7) is 1.23. The van der Waals surface area contributed by atoms with Crippen LogP contribution in [0.15, 0.2) is 53.5 Å². The van der Waals surface area contributed by atoms with E-state index in [-0.39, 0.29) is 17.8 Å². The van der Waals surface area contributed by atoms with Gasteiger partial charge in [0, 0.05) is 25.6 Å². The van der Waals surface area contributed by atoms with Gasteiger partial charge >= 0.3 is 0 Å². The van der Waals surface area contributed by atoms with E-state index in [0.29, 0.717) is 24.8 Å². The first-order valence-corrected chi connectivity index (χ1v) is 9.72. The first kappa shape index (κ1) is 20.6. The second-order valence-electron chi connectivity index (χ2n) is 7.26.